The van der Waals surface area contributed by atoms with Gasteiger partial charge in [0.25, 0.3) is 0 Å². The molecule has 0 aromatic carbocycles. The number of thiophene rings is 1. The van der Waals surface area contributed by atoms with Gasteiger partial charge in [-0.05, 0) is 55.3 Å². The van der Waals surface area contributed by atoms with Crippen LogP contribution in [0.1, 0.15) is 24.1 Å². The minimum Gasteiger partial charge on any atom is -0.472 e. The number of rotatable bonds is 2. The van der Waals surface area contributed by atoms with Crippen LogP contribution < -0.4 is 4.74 Å². The molecule has 3 saturated heterocycles. The zero-order valence-corrected chi connectivity index (χ0v) is 13.1. The first kappa shape index (κ1) is 13.7. The monoisotopic (exact) mass is 311 g/mol. The molecule has 0 N–H and O–H groups in total. The number of aromatic nitrogens is 2. The number of nitrogens with zero attached hydrogens (tertiary/aromatic N) is 3. The summed E-state index contributed by atoms with van der Waals surface area (Å²) in [5.41, 5.74) is 1.69. The van der Waals surface area contributed by atoms with Gasteiger partial charge in [-0.2, -0.15) is 11.3 Å². The van der Waals surface area contributed by atoms with Gasteiger partial charge in [0.15, 0.2) is 0 Å². The number of piperidine rings is 3. The third-order valence-electron chi connectivity index (χ3n) is 4.36. The number of hydrogen-bond donors (Lipinski definition) is 0. The van der Waals surface area contributed by atoms with Crippen LogP contribution >= 0.6 is 11.3 Å². The second kappa shape index (κ2) is 6.07. The molecule has 3 aliphatic rings. The maximum atomic E-state index is 6.03. The maximum Gasteiger partial charge on any atom is 0.233 e. The third kappa shape index (κ3) is 2.99. The molecule has 0 unspecified atom stereocenters. The predicted octanol–water partition coefficient (Wildman–Crippen LogP) is 2.41. The molecule has 5 rings (SSSR count). The van der Waals surface area contributed by atoms with E-state index in [2.05, 4.69) is 26.9 Å². The summed E-state index contributed by atoms with van der Waals surface area (Å²) in [6.07, 6.45) is 2.74. The van der Waals surface area contributed by atoms with E-state index in [0.717, 1.165) is 12.1 Å². The van der Waals surface area contributed by atoms with Crippen LogP contribution in [0.15, 0.2) is 29.0 Å². The second-order valence-electron chi connectivity index (χ2n) is 5.81. The molecule has 0 saturated carbocycles. The van der Waals surface area contributed by atoms with Crippen molar-refractivity contribution < 1.29 is 4.74 Å². The molecule has 1 atom stereocenters. The maximum absolute atomic E-state index is 6.03. The van der Waals surface area contributed by atoms with E-state index < -0.39 is 0 Å². The Morgan fingerprint density at radius 2 is 2.05 bits per heavy atom. The van der Waals surface area contributed by atoms with Crippen molar-refractivity contribution in [2.45, 2.75) is 18.9 Å². The standard InChI is InChI=1S/C17H17N3OS/c1(13-7-10-22-12-13)2-15-3-4-17(19-18-15)21-16-11-20-8-5-14(16)6-9-20/h3-4,7,10,12,14,16H,5-6,8-9,11H2/t16-/m0/s1. The van der Waals surface area contributed by atoms with Gasteiger partial charge in [-0.25, -0.2) is 0 Å². The van der Waals surface area contributed by atoms with E-state index in [1.165, 1.54) is 25.9 Å². The number of fused-ring (bicyclic) bond motifs is 3. The Morgan fingerprint density at radius 1 is 1.14 bits per heavy atom. The van der Waals surface area contributed by atoms with Crippen molar-refractivity contribution in [1.82, 2.24) is 15.1 Å². The highest BCUT2D eigenvalue weighted by atomic mass is 32.1. The Kier molecular flexibility index (Phi) is 3.79. The highest BCUT2D eigenvalue weighted by Gasteiger charge is 2.35. The lowest BCUT2D eigenvalue weighted by atomic mass is 9.86. The summed E-state index contributed by atoms with van der Waals surface area (Å²) in [4.78, 5) is 2.47. The van der Waals surface area contributed by atoms with Gasteiger partial charge in [0.1, 0.15) is 11.8 Å². The molecule has 5 heterocycles. The van der Waals surface area contributed by atoms with Gasteiger partial charge in [-0.15, -0.1) is 10.2 Å². The van der Waals surface area contributed by atoms with Gasteiger partial charge in [-0.3, -0.25) is 4.90 Å². The van der Waals surface area contributed by atoms with Crippen LogP contribution in [-0.2, 0) is 0 Å². The lowest BCUT2D eigenvalue weighted by Gasteiger charge is -2.44. The smallest absolute Gasteiger partial charge is 0.233 e. The molecule has 0 amide bonds. The largest absolute Gasteiger partial charge is 0.472 e. The summed E-state index contributed by atoms with van der Waals surface area (Å²) >= 11 is 1.64. The average Bonchev–Trinajstić information content (AvgIpc) is 3.09. The quantitative estimate of drug-likeness (QED) is 0.798. The molecular weight excluding hydrogens is 294 g/mol. The summed E-state index contributed by atoms with van der Waals surface area (Å²) in [6, 6.07) is 5.75. The highest BCUT2D eigenvalue weighted by Crippen LogP contribution is 2.29. The molecule has 2 bridgehead atoms. The Balaban J connectivity index is 1.41. The van der Waals surface area contributed by atoms with E-state index in [4.69, 9.17) is 4.74 Å². The first-order chi connectivity index (χ1) is 10.9. The third-order valence-corrected chi connectivity index (χ3v) is 5.05. The summed E-state index contributed by atoms with van der Waals surface area (Å²) in [7, 11) is 0. The van der Waals surface area contributed by atoms with E-state index in [9.17, 15) is 0 Å². The van der Waals surface area contributed by atoms with E-state index in [0.29, 0.717) is 17.5 Å². The fourth-order valence-corrected chi connectivity index (χ4v) is 3.71. The van der Waals surface area contributed by atoms with Gasteiger partial charge >= 0.3 is 0 Å². The van der Waals surface area contributed by atoms with Gasteiger partial charge < -0.3 is 4.74 Å². The van der Waals surface area contributed by atoms with Gasteiger partial charge in [0, 0.05) is 23.6 Å². The average molecular weight is 311 g/mol. The SMILES string of the molecule is C(#Cc1ccc(O[C@H]2CN3CCC2CC3)nn1)c1ccsc1. The summed E-state index contributed by atoms with van der Waals surface area (Å²) in [5.74, 6) is 7.38. The second-order valence-corrected chi connectivity index (χ2v) is 6.59. The Morgan fingerprint density at radius 3 is 2.68 bits per heavy atom. The van der Waals surface area contributed by atoms with E-state index in [1.54, 1.807) is 11.3 Å². The minimum atomic E-state index is 0.263. The molecule has 0 aliphatic carbocycles. The lowest BCUT2D eigenvalue weighted by molar-refractivity contribution is -0.0104. The molecule has 0 radical (unpaired) electrons. The molecule has 2 aromatic heterocycles. The summed E-state index contributed by atoms with van der Waals surface area (Å²) < 4.78 is 6.03. The lowest BCUT2D eigenvalue weighted by Crippen LogP contribution is -2.52. The predicted molar refractivity (Wildman–Crippen MR) is 85.9 cm³/mol. The first-order valence-corrected chi connectivity index (χ1v) is 8.58. The summed E-state index contributed by atoms with van der Waals surface area (Å²) in [6.45, 7) is 3.45. The van der Waals surface area contributed by atoms with Gasteiger partial charge in [-0.1, -0.05) is 5.92 Å². The van der Waals surface area contributed by atoms with Crippen molar-refractivity contribution in [2.24, 2.45) is 5.92 Å². The van der Waals surface area contributed by atoms with Crippen molar-refractivity contribution in [3.63, 3.8) is 0 Å². The van der Waals surface area contributed by atoms with Crippen molar-refractivity contribution in [2.75, 3.05) is 19.6 Å². The van der Waals surface area contributed by atoms with E-state index in [-0.39, 0.29) is 6.10 Å². The molecular formula is C17H17N3OS. The van der Waals surface area contributed by atoms with E-state index in [1.807, 2.05) is 29.0 Å². The normalized spacial score (nSPS) is 26.3. The molecule has 5 heteroatoms. The van der Waals surface area contributed by atoms with Crippen LogP contribution in [-0.4, -0.2) is 40.8 Å². The highest BCUT2D eigenvalue weighted by molar-refractivity contribution is 7.08. The van der Waals surface area contributed by atoms with Crippen molar-refractivity contribution >= 4 is 11.3 Å². The van der Waals surface area contributed by atoms with Crippen molar-refractivity contribution in [3.8, 4) is 17.7 Å². The van der Waals surface area contributed by atoms with Crippen LogP contribution in [0.4, 0.5) is 0 Å². The molecule has 4 nitrogen and oxygen atoms in total. The molecule has 0 spiro atoms. The van der Waals surface area contributed by atoms with Crippen LogP contribution in [0.2, 0.25) is 0 Å². The molecule has 112 valence electrons. The van der Waals surface area contributed by atoms with Crippen molar-refractivity contribution in [3.05, 3.63) is 40.2 Å². The Labute approximate surface area is 134 Å². The zero-order chi connectivity index (χ0) is 14.8. The fourth-order valence-electron chi connectivity index (χ4n) is 3.12. The van der Waals surface area contributed by atoms with Crippen LogP contribution in [0.25, 0.3) is 0 Å². The molecule has 22 heavy (non-hydrogen) atoms. The van der Waals surface area contributed by atoms with Crippen molar-refractivity contribution in [1.29, 1.82) is 0 Å². The Bertz CT molecular complexity index is 679. The molecule has 3 aliphatic heterocycles. The first-order valence-electron chi connectivity index (χ1n) is 7.64. The Hall–Kier alpha value is -1.90. The molecule has 3 fully saturated rings. The fraction of sp³-hybridized carbons (Fsp3) is 0.412. The molecule has 2 aromatic rings. The van der Waals surface area contributed by atoms with E-state index >= 15 is 0 Å². The topological polar surface area (TPSA) is 38.2 Å². The van der Waals surface area contributed by atoms with Crippen LogP contribution in [0, 0.1) is 17.8 Å². The van der Waals surface area contributed by atoms with Gasteiger partial charge in [0.2, 0.25) is 5.88 Å². The van der Waals surface area contributed by atoms with Crippen LogP contribution in [0.3, 0.4) is 0 Å². The van der Waals surface area contributed by atoms with Crippen LogP contribution in [0.5, 0.6) is 5.88 Å². The van der Waals surface area contributed by atoms with Gasteiger partial charge in [0.05, 0.1) is 0 Å². The zero-order valence-electron chi connectivity index (χ0n) is 12.2. The number of hydrogen-bond acceptors (Lipinski definition) is 5. The number of ether oxygens (including phenoxy) is 1. The minimum absolute atomic E-state index is 0.263. The summed E-state index contributed by atoms with van der Waals surface area (Å²) in [5, 5.41) is 12.3.